The topological polar surface area (TPSA) is 15.3 Å². The van der Waals surface area contributed by atoms with E-state index in [2.05, 4.69) is 55.3 Å². The molecule has 0 radical (unpaired) electrons. The predicted molar refractivity (Wildman–Crippen MR) is 88.2 cm³/mol. The Hall–Kier alpha value is -1.02. The second-order valence-corrected chi connectivity index (χ2v) is 6.14. The molecule has 112 valence electrons. The molecule has 1 aromatic rings. The molecule has 2 unspecified atom stereocenters. The van der Waals surface area contributed by atoms with E-state index in [0.29, 0.717) is 0 Å². The molecule has 0 heterocycles. The highest BCUT2D eigenvalue weighted by Gasteiger charge is 2.22. The van der Waals surface area contributed by atoms with Crippen molar-refractivity contribution in [3.63, 3.8) is 0 Å². The minimum atomic E-state index is 0.893. The molecular weight excluding hydrogens is 244 g/mol. The largest absolute Gasteiger partial charge is 0.372 e. The molecule has 0 aliphatic heterocycles. The fourth-order valence-corrected chi connectivity index (χ4v) is 3.34. The number of rotatable bonds is 7. The van der Waals surface area contributed by atoms with Gasteiger partial charge < -0.3 is 10.2 Å². The third-order valence-electron chi connectivity index (χ3n) is 4.84. The lowest BCUT2D eigenvalue weighted by molar-refractivity contribution is 0.392. The quantitative estimate of drug-likeness (QED) is 0.806. The first-order valence-electron chi connectivity index (χ1n) is 8.29. The molecule has 2 heteroatoms. The van der Waals surface area contributed by atoms with Crippen molar-refractivity contribution in [3.8, 4) is 0 Å². The molecule has 0 bridgehead atoms. The van der Waals surface area contributed by atoms with Gasteiger partial charge in [0.15, 0.2) is 0 Å². The second-order valence-electron chi connectivity index (χ2n) is 6.14. The maximum Gasteiger partial charge on any atom is 0.0366 e. The van der Waals surface area contributed by atoms with E-state index in [4.69, 9.17) is 0 Å². The van der Waals surface area contributed by atoms with Crippen LogP contribution in [0.5, 0.6) is 0 Å². The summed E-state index contributed by atoms with van der Waals surface area (Å²) in [7, 11) is 0. The summed E-state index contributed by atoms with van der Waals surface area (Å²) in [6, 6.07) is 9.03. The Balaban J connectivity index is 1.78. The highest BCUT2D eigenvalue weighted by Crippen LogP contribution is 2.30. The Bertz CT molecular complexity index is 381. The molecule has 20 heavy (non-hydrogen) atoms. The van der Waals surface area contributed by atoms with Gasteiger partial charge in [-0.05, 0) is 56.3 Å². The van der Waals surface area contributed by atoms with Gasteiger partial charge in [0.1, 0.15) is 0 Å². The van der Waals surface area contributed by atoms with Crippen molar-refractivity contribution in [2.75, 3.05) is 24.5 Å². The van der Waals surface area contributed by atoms with Crippen LogP contribution in [0.1, 0.15) is 45.6 Å². The van der Waals surface area contributed by atoms with Gasteiger partial charge in [-0.1, -0.05) is 31.9 Å². The van der Waals surface area contributed by atoms with Gasteiger partial charge >= 0.3 is 0 Å². The summed E-state index contributed by atoms with van der Waals surface area (Å²) < 4.78 is 0. The lowest BCUT2D eigenvalue weighted by Crippen LogP contribution is -2.24. The van der Waals surface area contributed by atoms with Crippen molar-refractivity contribution in [1.29, 1.82) is 0 Å². The number of hydrogen-bond donors (Lipinski definition) is 1. The van der Waals surface area contributed by atoms with Crippen LogP contribution in [0, 0.1) is 11.8 Å². The van der Waals surface area contributed by atoms with Crippen molar-refractivity contribution in [2.45, 2.75) is 46.6 Å². The Kier molecular flexibility index (Phi) is 5.90. The van der Waals surface area contributed by atoms with Gasteiger partial charge in [-0.3, -0.25) is 0 Å². The molecule has 2 nitrogen and oxygen atoms in total. The van der Waals surface area contributed by atoms with Crippen LogP contribution in [0.2, 0.25) is 0 Å². The standard InChI is InChI=1S/C18H30N2/c1-4-20(5-2)18-11-9-16(10-12-18)13-19-14-17-8-6-7-15(17)3/h9-12,15,17,19H,4-8,13-14H2,1-3H3. The van der Waals surface area contributed by atoms with E-state index in [9.17, 15) is 0 Å². The van der Waals surface area contributed by atoms with E-state index in [1.165, 1.54) is 37.1 Å². The maximum atomic E-state index is 3.64. The fourth-order valence-electron chi connectivity index (χ4n) is 3.34. The molecule has 0 spiro atoms. The van der Waals surface area contributed by atoms with Crippen LogP contribution in [0.4, 0.5) is 5.69 Å². The van der Waals surface area contributed by atoms with Crippen LogP contribution in [0.3, 0.4) is 0 Å². The van der Waals surface area contributed by atoms with E-state index in [1.54, 1.807) is 0 Å². The number of anilines is 1. The zero-order valence-electron chi connectivity index (χ0n) is 13.4. The molecule has 0 aromatic heterocycles. The first-order valence-corrected chi connectivity index (χ1v) is 8.29. The SMILES string of the molecule is CCN(CC)c1ccc(CNCC2CCCC2C)cc1. The lowest BCUT2D eigenvalue weighted by atomic mass is 9.98. The third-order valence-corrected chi connectivity index (χ3v) is 4.84. The summed E-state index contributed by atoms with van der Waals surface area (Å²) in [5.74, 6) is 1.80. The third kappa shape index (κ3) is 3.99. The Labute approximate surface area is 124 Å². The van der Waals surface area contributed by atoms with Crippen LogP contribution < -0.4 is 10.2 Å². The predicted octanol–water partition coefficient (Wildman–Crippen LogP) is 4.06. The number of nitrogens with one attached hydrogen (secondary N) is 1. The molecule has 0 amide bonds. The van der Waals surface area contributed by atoms with Gasteiger partial charge in [0.05, 0.1) is 0 Å². The minimum Gasteiger partial charge on any atom is -0.372 e. The van der Waals surface area contributed by atoms with E-state index < -0.39 is 0 Å². The van der Waals surface area contributed by atoms with E-state index in [-0.39, 0.29) is 0 Å². The first-order chi connectivity index (χ1) is 9.74. The highest BCUT2D eigenvalue weighted by atomic mass is 15.1. The smallest absolute Gasteiger partial charge is 0.0366 e. The zero-order valence-corrected chi connectivity index (χ0v) is 13.4. The average molecular weight is 274 g/mol. The molecule has 1 aliphatic carbocycles. The summed E-state index contributed by atoms with van der Waals surface area (Å²) in [4.78, 5) is 2.39. The van der Waals surface area contributed by atoms with Crippen molar-refractivity contribution >= 4 is 5.69 Å². The second kappa shape index (κ2) is 7.68. The van der Waals surface area contributed by atoms with E-state index in [1.807, 2.05) is 0 Å². The molecule has 0 saturated heterocycles. The first kappa shape index (κ1) is 15.4. The van der Waals surface area contributed by atoms with Crippen molar-refractivity contribution in [1.82, 2.24) is 5.32 Å². The van der Waals surface area contributed by atoms with E-state index >= 15 is 0 Å². The molecule has 1 fully saturated rings. The van der Waals surface area contributed by atoms with Crippen LogP contribution in [0.15, 0.2) is 24.3 Å². The van der Waals surface area contributed by atoms with Crippen molar-refractivity contribution in [3.05, 3.63) is 29.8 Å². The molecule has 1 aliphatic rings. The number of benzene rings is 1. The van der Waals surface area contributed by atoms with Gasteiger partial charge in [0.25, 0.3) is 0 Å². The normalized spacial score (nSPS) is 22.1. The Morgan fingerprint density at radius 2 is 1.80 bits per heavy atom. The van der Waals surface area contributed by atoms with Crippen molar-refractivity contribution in [2.24, 2.45) is 11.8 Å². The summed E-state index contributed by atoms with van der Waals surface area (Å²) in [5, 5.41) is 3.64. The summed E-state index contributed by atoms with van der Waals surface area (Å²) in [6.07, 6.45) is 4.26. The molecule has 1 N–H and O–H groups in total. The van der Waals surface area contributed by atoms with Crippen LogP contribution in [-0.2, 0) is 6.54 Å². The molecule has 1 aromatic carbocycles. The van der Waals surface area contributed by atoms with Gasteiger partial charge in [-0.25, -0.2) is 0 Å². The van der Waals surface area contributed by atoms with Gasteiger partial charge in [-0.15, -0.1) is 0 Å². The number of hydrogen-bond acceptors (Lipinski definition) is 2. The lowest BCUT2D eigenvalue weighted by Gasteiger charge is -2.21. The summed E-state index contributed by atoms with van der Waals surface area (Å²) >= 11 is 0. The van der Waals surface area contributed by atoms with Gasteiger partial charge in [-0.2, -0.15) is 0 Å². The summed E-state index contributed by atoms with van der Waals surface area (Å²) in [5.41, 5.74) is 2.73. The molecular formula is C18H30N2. The Morgan fingerprint density at radius 3 is 2.35 bits per heavy atom. The zero-order chi connectivity index (χ0) is 14.4. The molecule has 2 atom stereocenters. The van der Waals surface area contributed by atoms with Crippen LogP contribution >= 0.6 is 0 Å². The molecule has 2 rings (SSSR count). The van der Waals surface area contributed by atoms with E-state index in [0.717, 1.165) is 31.5 Å². The highest BCUT2D eigenvalue weighted by molar-refractivity contribution is 5.47. The van der Waals surface area contributed by atoms with Gasteiger partial charge in [0.2, 0.25) is 0 Å². The maximum absolute atomic E-state index is 3.64. The summed E-state index contributed by atoms with van der Waals surface area (Å²) in [6.45, 7) is 11.2. The number of nitrogens with zero attached hydrogens (tertiary/aromatic N) is 1. The van der Waals surface area contributed by atoms with Crippen molar-refractivity contribution < 1.29 is 0 Å². The Morgan fingerprint density at radius 1 is 1.10 bits per heavy atom. The van der Waals surface area contributed by atoms with Crippen LogP contribution in [-0.4, -0.2) is 19.6 Å². The van der Waals surface area contributed by atoms with Crippen LogP contribution in [0.25, 0.3) is 0 Å². The van der Waals surface area contributed by atoms with Gasteiger partial charge in [0, 0.05) is 25.3 Å². The molecule has 1 saturated carbocycles. The fraction of sp³-hybridized carbons (Fsp3) is 0.667. The monoisotopic (exact) mass is 274 g/mol. The minimum absolute atomic E-state index is 0.893. The average Bonchev–Trinajstić information content (AvgIpc) is 2.87.